The molecule has 1 heterocycles. The highest BCUT2D eigenvalue weighted by molar-refractivity contribution is 5.94. The van der Waals surface area contributed by atoms with E-state index in [-0.39, 0.29) is 34.6 Å². The third-order valence-corrected chi connectivity index (χ3v) is 5.46. The maximum absolute atomic E-state index is 12.9. The first-order valence-electron chi connectivity index (χ1n) is 11.5. The number of unbranched alkanes of at least 4 members (excludes halogenated alkanes) is 2. The number of pyridine rings is 1. The highest BCUT2D eigenvalue weighted by Gasteiger charge is 2.20. The average Bonchev–Trinajstić information content (AvgIpc) is 2.79. The van der Waals surface area contributed by atoms with Crippen LogP contribution >= 0.6 is 0 Å². The summed E-state index contributed by atoms with van der Waals surface area (Å²) >= 11 is 0. The van der Waals surface area contributed by atoms with E-state index in [1.807, 2.05) is 11.0 Å². The molecule has 0 spiro atoms. The monoisotopic (exact) mass is 451 g/mol. The van der Waals surface area contributed by atoms with Crippen molar-refractivity contribution in [3.05, 3.63) is 51.3 Å². The lowest BCUT2D eigenvalue weighted by Crippen LogP contribution is -2.32. The lowest BCUT2D eigenvalue weighted by atomic mass is 10.1. The molecule has 1 aromatic heterocycles. The number of nitriles is 1. The van der Waals surface area contributed by atoms with E-state index in [0.717, 1.165) is 43.3 Å². The van der Waals surface area contributed by atoms with Crippen LogP contribution in [0.15, 0.2) is 39.3 Å². The second kappa shape index (κ2) is 12.0. The number of azo groups is 1. The summed E-state index contributed by atoms with van der Waals surface area (Å²) in [5, 5.41) is 27.9. The van der Waals surface area contributed by atoms with Crippen LogP contribution in [0, 0.1) is 18.3 Å². The van der Waals surface area contributed by atoms with Gasteiger partial charge < -0.3 is 10.0 Å². The molecular weight excluding hydrogens is 418 g/mol. The van der Waals surface area contributed by atoms with Crippen molar-refractivity contribution in [2.45, 2.75) is 66.3 Å². The number of amides is 1. The first kappa shape index (κ1) is 25.8. The molecule has 33 heavy (non-hydrogen) atoms. The Hall–Kier alpha value is -3.47. The van der Waals surface area contributed by atoms with E-state index in [1.54, 1.807) is 45.0 Å². The molecule has 8 heteroatoms. The third-order valence-electron chi connectivity index (χ3n) is 5.46. The molecule has 0 aliphatic carbocycles. The standard InChI is InChI=1S/C25H33N5O3/c1-6-8-14-29(15-9-7-2)23(31)19-10-12-20(13-11-19)27-28-22-18(5)21(16-26)24(32)30(17(3)4)25(22)33/h10-13,17,32H,6-9,14-15H2,1-5H3. The summed E-state index contributed by atoms with van der Waals surface area (Å²) in [5.41, 5.74) is 0.811. The van der Waals surface area contributed by atoms with Crippen molar-refractivity contribution < 1.29 is 9.90 Å². The highest BCUT2D eigenvalue weighted by atomic mass is 16.3. The second-order valence-electron chi connectivity index (χ2n) is 8.30. The fraction of sp³-hybridized carbons (Fsp3) is 0.480. The van der Waals surface area contributed by atoms with Crippen LogP contribution in [-0.4, -0.2) is 33.6 Å². The van der Waals surface area contributed by atoms with Crippen LogP contribution in [0.3, 0.4) is 0 Å². The molecule has 0 atom stereocenters. The van der Waals surface area contributed by atoms with Crippen molar-refractivity contribution in [2.24, 2.45) is 10.2 Å². The van der Waals surface area contributed by atoms with Crippen molar-refractivity contribution in [3.8, 4) is 11.9 Å². The number of hydrogen-bond acceptors (Lipinski definition) is 6. The zero-order chi connectivity index (χ0) is 24.5. The van der Waals surface area contributed by atoms with Crippen molar-refractivity contribution in [1.82, 2.24) is 9.47 Å². The van der Waals surface area contributed by atoms with Gasteiger partial charge in [-0.15, -0.1) is 5.11 Å². The van der Waals surface area contributed by atoms with Gasteiger partial charge in [0.1, 0.15) is 11.6 Å². The van der Waals surface area contributed by atoms with Crippen LogP contribution < -0.4 is 5.56 Å². The van der Waals surface area contributed by atoms with Gasteiger partial charge in [-0.25, -0.2) is 0 Å². The van der Waals surface area contributed by atoms with Gasteiger partial charge in [0.25, 0.3) is 11.5 Å². The molecule has 8 nitrogen and oxygen atoms in total. The summed E-state index contributed by atoms with van der Waals surface area (Å²) in [4.78, 5) is 27.6. The van der Waals surface area contributed by atoms with Gasteiger partial charge in [0, 0.05) is 30.3 Å². The molecule has 1 amide bonds. The third kappa shape index (κ3) is 6.07. The predicted molar refractivity (Wildman–Crippen MR) is 129 cm³/mol. The van der Waals surface area contributed by atoms with E-state index < -0.39 is 5.56 Å². The van der Waals surface area contributed by atoms with E-state index in [2.05, 4.69) is 24.1 Å². The Balaban J connectivity index is 2.32. The Bertz CT molecular complexity index is 1090. The number of nitrogens with zero attached hydrogens (tertiary/aromatic N) is 5. The van der Waals surface area contributed by atoms with Gasteiger partial charge in [-0.2, -0.15) is 10.4 Å². The minimum absolute atomic E-state index is 0.00237. The van der Waals surface area contributed by atoms with E-state index in [9.17, 15) is 20.0 Å². The van der Waals surface area contributed by atoms with E-state index in [4.69, 9.17) is 0 Å². The van der Waals surface area contributed by atoms with Crippen LogP contribution in [0.25, 0.3) is 0 Å². The molecule has 1 N–H and O–H groups in total. The van der Waals surface area contributed by atoms with Gasteiger partial charge in [-0.1, -0.05) is 26.7 Å². The van der Waals surface area contributed by atoms with Crippen molar-refractivity contribution >= 4 is 17.3 Å². The summed E-state index contributed by atoms with van der Waals surface area (Å²) < 4.78 is 1.13. The molecule has 0 aliphatic rings. The second-order valence-corrected chi connectivity index (χ2v) is 8.30. The van der Waals surface area contributed by atoms with Gasteiger partial charge >= 0.3 is 0 Å². The van der Waals surface area contributed by atoms with Crippen LogP contribution in [0.1, 0.15) is 80.9 Å². The molecule has 0 saturated heterocycles. The number of carbonyl (C=O) groups is 1. The first-order valence-corrected chi connectivity index (χ1v) is 11.5. The lowest BCUT2D eigenvalue weighted by Gasteiger charge is -2.22. The summed E-state index contributed by atoms with van der Waals surface area (Å²) in [6, 6.07) is 8.34. The molecule has 0 saturated carbocycles. The van der Waals surface area contributed by atoms with E-state index >= 15 is 0 Å². The predicted octanol–water partition coefficient (Wildman–Crippen LogP) is 5.77. The number of aromatic hydroxyl groups is 1. The SMILES string of the molecule is CCCCN(CCCC)C(=O)c1ccc(N=Nc2c(C)c(C#N)c(O)n(C(C)C)c2=O)cc1. The van der Waals surface area contributed by atoms with Crippen molar-refractivity contribution in [2.75, 3.05) is 13.1 Å². The Morgan fingerprint density at radius 2 is 1.70 bits per heavy atom. The Morgan fingerprint density at radius 3 is 2.18 bits per heavy atom. The van der Waals surface area contributed by atoms with Gasteiger partial charge in [0.2, 0.25) is 5.88 Å². The first-order chi connectivity index (χ1) is 15.8. The molecule has 2 rings (SSSR count). The van der Waals surface area contributed by atoms with Crippen molar-refractivity contribution in [3.63, 3.8) is 0 Å². The smallest absolute Gasteiger partial charge is 0.281 e. The van der Waals surface area contributed by atoms with Gasteiger partial charge in [0.05, 0.1) is 5.69 Å². The number of carbonyl (C=O) groups excluding carboxylic acids is 1. The maximum atomic E-state index is 12.9. The molecule has 0 bridgehead atoms. The number of benzene rings is 1. The normalized spacial score (nSPS) is 11.2. The fourth-order valence-electron chi connectivity index (χ4n) is 3.48. The number of aromatic nitrogens is 1. The topological polar surface area (TPSA) is 111 Å². The van der Waals surface area contributed by atoms with E-state index in [0.29, 0.717) is 11.3 Å². The molecule has 0 radical (unpaired) electrons. The summed E-state index contributed by atoms with van der Waals surface area (Å²) in [5.74, 6) is -0.374. The van der Waals surface area contributed by atoms with Crippen LogP contribution in [0.4, 0.5) is 11.4 Å². The molecule has 176 valence electrons. The molecule has 1 aromatic carbocycles. The molecular formula is C25H33N5O3. The van der Waals surface area contributed by atoms with Gasteiger partial charge in [-0.05, 0) is 57.9 Å². The zero-order valence-corrected chi connectivity index (χ0v) is 20.1. The number of rotatable bonds is 10. The zero-order valence-electron chi connectivity index (χ0n) is 20.1. The summed E-state index contributed by atoms with van der Waals surface area (Å²) in [6.45, 7) is 10.7. The van der Waals surface area contributed by atoms with Crippen LogP contribution in [-0.2, 0) is 0 Å². The van der Waals surface area contributed by atoms with E-state index in [1.165, 1.54) is 0 Å². The molecule has 0 aliphatic heterocycles. The minimum Gasteiger partial charge on any atom is -0.493 e. The van der Waals surface area contributed by atoms with Crippen LogP contribution in [0.5, 0.6) is 5.88 Å². The lowest BCUT2D eigenvalue weighted by molar-refractivity contribution is 0.0751. The Kier molecular flexibility index (Phi) is 9.34. The van der Waals surface area contributed by atoms with Gasteiger partial charge in [-0.3, -0.25) is 14.2 Å². The quantitative estimate of drug-likeness (QED) is 0.462. The Labute approximate surface area is 195 Å². The van der Waals surface area contributed by atoms with Gasteiger partial charge in [0.15, 0.2) is 5.69 Å². The molecule has 0 unspecified atom stereocenters. The summed E-state index contributed by atoms with van der Waals surface area (Å²) in [6.07, 6.45) is 3.98. The molecule has 0 fully saturated rings. The Morgan fingerprint density at radius 1 is 1.12 bits per heavy atom. The number of hydrogen-bond donors (Lipinski definition) is 1. The largest absolute Gasteiger partial charge is 0.493 e. The average molecular weight is 452 g/mol. The fourth-order valence-corrected chi connectivity index (χ4v) is 3.48. The minimum atomic E-state index is -0.517. The maximum Gasteiger partial charge on any atom is 0.281 e. The van der Waals surface area contributed by atoms with Crippen LogP contribution in [0.2, 0.25) is 0 Å². The van der Waals surface area contributed by atoms with Crippen molar-refractivity contribution in [1.29, 1.82) is 5.26 Å². The highest BCUT2D eigenvalue weighted by Crippen LogP contribution is 2.28. The molecule has 2 aromatic rings. The summed E-state index contributed by atoms with van der Waals surface area (Å²) in [7, 11) is 0.